The first kappa shape index (κ1) is 24.9. The zero-order valence-electron chi connectivity index (χ0n) is 19.5. The number of esters is 1. The summed E-state index contributed by atoms with van der Waals surface area (Å²) in [6.07, 6.45) is 1.61. The standard InChI is InChI=1S/C25H25NO7S/c1-6-33-25(29)21-22(27)20(12-15-11-18(31-4)19(32-5)13-17(15)30-3)34-24(21)26-23(28)16-10-8-7-9-14(16)2/h7-13,27H,6H2,1-5H3/b20-12-,26-24?. The molecule has 0 bridgehead atoms. The van der Waals surface area contributed by atoms with Gasteiger partial charge in [-0.05, 0) is 37.6 Å². The maximum absolute atomic E-state index is 12.8. The van der Waals surface area contributed by atoms with E-state index < -0.39 is 11.9 Å². The molecular formula is C25H25NO7S. The third-order valence-corrected chi connectivity index (χ3v) is 5.99. The van der Waals surface area contributed by atoms with Gasteiger partial charge in [-0.15, -0.1) is 0 Å². The SMILES string of the molecule is CCOC(=O)C1=C(O)/C(=C/c2cc(OC)c(OC)cc2OC)SC1=NC(=O)c1ccccc1C. The summed E-state index contributed by atoms with van der Waals surface area (Å²) in [6, 6.07) is 10.3. The Bertz CT molecular complexity index is 1210. The fourth-order valence-electron chi connectivity index (χ4n) is 3.26. The van der Waals surface area contributed by atoms with Crippen LogP contribution in [0.4, 0.5) is 0 Å². The fourth-order valence-corrected chi connectivity index (χ4v) is 4.27. The molecule has 1 heterocycles. The maximum atomic E-state index is 12.8. The largest absolute Gasteiger partial charge is 0.506 e. The van der Waals surface area contributed by atoms with Crippen LogP contribution in [0.25, 0.3) is 6.08 Å². The predicted octanol–water partition coefficient (Wildman–Crippen LogP) is 4.72. The zero-order chi connectivity index (χ0) is 24.8. The minimum atomic E-state index is -0.772. The Balaban J connectivity index is 2.10. The van der Waals surface area contributed by atoms with Crippen molar-refractivity contribution in [2.24, 2.45) is 4.99 Å². The van der Waals surface area contributed by atoms with E-state index in [1.54, 1.807) is 50.3 Å². The summed E-state index contributed by atoms with van der Waals surface area (Å²) < 4.78 is 21.2. The van der Waals surface area contributed by atoms with Gasteiger partial charge in [0.1, 0.15) is 22.1 Å². The summed E-state index contributed by atoms with van der Waals surface area (Å²) in [5, 5.41) is 11.0. The second-order valence-electron chi connectivity index (χ2n) is 7.04. The van der Waals surface area contributed by atoms with Gasteiger partial charge in [0.15, 0.2) is 11.5 Å². The molecule has 0 aromatic heterocycles. The molecule has 0 saturated heterocycles. The van der Waals surface area contributed by atoms with Crippen LogP contribution >= 0.6 is 11.8 Å². The van der Waals surface area contributed by atoms with E-state index in [4.69, 9.17) is 18.9 Å². The van der Waals surface area contributed by atoms with Crippen molar-refractivity contribution >= 4 is 34.8 Å². The second kappa shape index (κ2) is 10.9. The first-order valence-corrected chi connectivity index (χ1v) is 11.2. The summed E-state index contributed by atoms with van der Waals surface area (Å²) in [7, 11) is 4.51. The van der Waals surface area contributed by atoms with Crippen molar-refractivity contribution < 1.29 is 33.6 Å². The lowest BCUT2D eigenvalue weighted by Crippen LogP contribution is -2.14. The van der Waals surface area contributed by atoms with Gasteiger partial charge < -0.3 is 24.1 Å². The normalized spacial score (nSPS) is 15.6. The topological polar surface area (TPSA) is 104 Å². The number of rotatable bonds is 7. The Labute approximate surface area is 201 Å². The Morgan fingerprint density at radius 1 is 1.03 bits per heavy atom. The molecule has 1 aliphatic heterocycles. The molecule has 0 fully saturated rings. The van der Waals surface area contributed by atoms with Gasteiger partial charge in [-0.1, -0.05) is 30.0 Å². The minimum absolute atomic E-state index is 0.0508. The van der Waals surface area contributed by atoms with Crippen molar-refractivity contribution in [3.8, 4) is 17.2 Å². The number of carbonyl (C=O) groups is 2. The van der Waals surface area contributed by atoms with Crippen molar-refractivity contribution in [2.75, 3.05) is 27.9 Å². The van der Waals surface area contributed by atoms with E-state index >= 15 is 0 Å². The number of hydrogen-bond donors (Lipinski definition) is 1. The van der Waals surface area contributed by atoms with Crippen molar-refractivity contribution in [3.63, 3.8) is 0 Å². The third-order valence-electron chi connectivity index (χ3n) is 4.97. The number of hydrogen-bond acceptors (Lipinski definition) is 8. The van der Waals surface area contributed by atoms with Gasteiger partial charge in [-0.2, -0.15) is 0 Å². The number of aryl methyl sites for hydroxylation is 1. The molecule has 0 unspecified atom stereocenters. The van der Waals surface area contributed by atoms with Gasteiger partial charge in [-0.25, -0.2) is 9.79 Å². The molecule has 0 atom stereocenters. The molecular weight excluding hydrogens is 458 g/mol. The average molecular weight is 484 g/mol. The van der Waals surface area contributed by atoms with Crippen molar-refractivity contribution in [2.45, 2.75) is 13.8 Å². The van der Waals surface area contributed by atoms with Crippen LogP contribution < -0.4 is 14.2 Å². The molecule has 2 aromatic carbocycles. The van der Waals surface area contributed by atoms with E-state index in [9.17, 15) is 14.7 Å². The number of ether oxygens (including phenoxy) is 4. The zero-order valence-corrected chi connectivity index (χ0v) is 20.3. The van der Waals surface area contributed by atoms with E-state index in [-0.39, 0.29) is 23.0 Å². The molecule has 2 aromatic rings. The number of aliphatic imine (C=N–C) groups is 1. The van der Waals surface area contributed by atoms with Gasteiger partial charge in [0.05, 0.1) is 32.8 Å². The van der Waals surface area contributed by atoms with Crippen molar-refractivity contribution in [3.05, 3.63) is 69.3 Å². The molecule has 9 heteroatoms. The number of aliphatic hydroxyl groups excluding tert-OH is 1. The number of amides is 1. The summed E-state index contributed by atoms with van der Waals surface area (Å²) >= 11 is 0.985. The Morgan fingerprint density at radius 2 is 1.68 bits per heavy atom. The highest BCUT2D eigenvalue weighted by molar-refractivity contribution is 8.18. The van der Waals surface area contributed by atoms with E-state index in [1.807, 2.05) is 6.07 Å². The summed E-state index contributed by atoms with van der Waals surface area (Å²) in [5.41, 5.74) is 1.54. The lowest BCUT2D eigenvalue weighted by molar-refractivity contribution is -0.138. The van der Waals surface area contributed by atoms with E-state index in [0.717, 1.165) is 17.3 Å². The summed E-state index contributed by atoms with van der Waals surface area (Å²) in [5.74, 6) is -0.254. The van der Waals surface area contributed by atoms with Crippen LogP contribution in [-0.4, -0.2) is 50.0 Å². The first-order chi connectivity index (χ1) is 16.3. The van der Waals surface area contributed by atoms with E-state index in [2.05, 4.69) is 4.99 Å². The minimum Gasteiger partial charge on any atom is -0.506 e. The number of thioether (sulfide) groups is 1. The van der Waals surface area contributed by atoms with Crippen LogP contribution in [0.5, 0.6) is 17.2 Å². The molecule has 8 nitrogen and oxygen atoms in total. The highest BCUT2D eigenvalue weighted by Crippen LogP contribution is 2.42. The molecule has 0 aliphatic carbocycles. The van der Waals surface area contributed by atoms with Crippen LogP contribution in [0, 0.1) is 6.92 Å². The predicted molar refractivity (Wildman–Crippen MR) is 131 cm³/mol. The van der Waals surface area contributed by atoms with Crippen LogP contribution in [0.3, 0.4) is 0 Å². The maximum Gasteiger partial charge on any atom is 0.344 e. The van der Waals surface area contributed by atoms with Crippen LogP contribution in [0.15, 0.2) is 57.6 Å². The molecule has 34 heavy (non-hydrogen) atoms. The molecule has 0 radical (unpaired) electrons. The van der Waals surface area contributed by atoms with E-state index in [0.29, 0.717) is 33.3 Å². The van der Waals surface area contributed by atoms with Crippen LogP contribution in [0.1, 0.15) is 28.4 Å². The van der Waals surface area contributed by atoms with Crippen LogP contribution in [-0.2, 0) is 9.53 Å². The average Bonchev–Trinajstić information content (AvgIpc) is 3.13. The monoisotopic (exact) mass is 483 g/mol. The van der Waals surface area contributed by atoms with Gasteiger partial charge in [0, 0.05) is 17.2 Å². The first-order valence-electron chi connectivity index (χ1n) is 10.3. The Morgan fingerprint density at radius 3 is 2.29 bits per heavy atom. The fraction of sp³-hybridized carbons (Fsp3) is 0.240. The lowest BCUT2D eigenvalue weighted by atomic mass is 10.1. The number of carbonyl (C=O) groups excluding carboxylic acids is 2. The highest BCUT2D eigenvalue weighted by atomic mass is 32.2. The van der Waals surface area contributed by atoms with Gasteiger partial charge in [-0.3, -0.25) is 4.79 Å². The lowest BCUT2D eigenvalue weighted by Gasteiger charge is -2.12. The Hall–Kier alpha value is -3.72. The molecule has 178 valence electrons. The van der Waals surface area contributed by atoms with Crippen LogP contribution in [0.2, 0.25) is 0 Å². The second-order valence-corrected chi connectivity index (χ2v) is 8.07. The van der Waals surface area contributed by atoms with Crippen molar-refractivity contribution in [1.29, 1.82) is 0 Å². The molecule has 1 amide bonds. The molecule has 0 saturated carbocycles. The van der Waals surface area contributed by atoms with Gasteiger partial charge in [0.2, 0.25) is 0 Å². The third kappa shape index (κ3) is 5.09. The summed E-state index contributed by atoms with van der Waals surface area (Å²) in [6.45, 7) is 3.55. The smallest absolute Gasteiger partial charge is 0.344 e. The number of methoxy groups -OCH3 is 3. The Kier molecular flexibility index (Phi) is 8.01. The van der Waals surface area contributed by atoms with Gasteiger partial charge in [0.25, 0.3) is 5.91 Å². The van der Waals surface area contributed by atoms with Crippen molar-refractivity contribution in [1.82, 2.24) is 0 Å². The molecule has 1 N–H and O–H groups in total. The quantitative estimate of drug-likeness (QED) is 0.564. The molecule has 0 spiro atoms. The molecule has 1 aliphatic rings. The number of nitrogens with zero attached hydrogens (tertiary/aromatic N) is 1. The van der Waals surface area contributed by atoms with Gasteiger partial charge >= 0.3 is 5.97 Å². The van der Waals surface area contributed by atoms with E-state index in [1.165, 1.54) is 21.3 Å². The number of aliphatic hydroxyl groups is 1. The summed E-state index contributed by atoms with van der Waals surface area (Å²) in [4.78, 5) is 29.9. The highest BCUT2D eigenvalue weighted by Gasteiger charge is 2.34. The molecule has 3 rings (SSSR count). The number of benzene rings is 2.